The van der Waals surface area contributed by atoms with Gasteiger partial charge in [0, 0.05) is 5.69 Å². The Labute approximate surface area is 114 Å². The van der Waals surface area contributed by atoms with Crippen LogP contribution in [-0.2, 0) is 9.53 Å². The van der Waals surface area contributed by atoms with Crippen molar-refractivity contribution in [3.63, 3.8) is 0 Å². The summed E-state index contributed by atoms with van der Waals surface area (Å²) in [5.74, 6) is 0.0453. The molecule has 1 aliphatic rings. The van der Waals surface area contributed by atoms with Crippen LogP contribution in [0.4, 0.5) is 5.69 Å². The van der Waals surface area contributed by atoms with E-state index in [1.807, 2.05) is 18.0 Å². The van der Waals surface area contributed by atoms with E-state index in [1.54, 1.807) is 0 Å². The third-order valence-corrected chi connectivity index (χ3v) is 3.65. The highest BCUT2D eigenvalue weighted by Crippen LogP contribution is 2.22. The summed E-state index contributed by atoms with van der Waals surface area (Å²) in [6.45, 7) is 5.88. The van der Waals surface area contributed by atoms with Crippen LogP contribution in [0.3, 0.4) is 0 Å². The highest BCUT2D eigenvalue weighted by Gasteiger charge is 2.27. The summed E-state index contributed by atoms with van der Waals surface area (Å²) >= 11 is 0. The van der Waals surface area contributed by atoms with Gasteiger partial charge in [-0.3, -0.25) is 4.79 Å². The highest BCUT2D eigenvalue weighted by atomic mass is 16.5. The maximum Gasteiger partial charge on any atom is 0.253 e. The van der Waals surface area contributed by atoms with Crippen LogP contribution >= 0.6 is 0 Å². The van der Waals surface area contributed by atoms with Crippen molar-refractivity contribution in [2.45, 2.75) is 26.4 Å². The van der Waals surface area contributed by atoms with Gasteiger partial charge in [0.15, 0.2) is 0 Å². The molecule has 19 heavy (non-hydrogen) atoms. The largest absolute Gasteiger partial charge is 0.366 e. The molecule has 4 nitrogen and oxygen atoms in total. The number of hydrogen-bond donors (Lipinski definition) is 1. The van der Waals surface area contributed by atoms with Crippen molar-refractivity contribution in [2.75, 3.05) is 31.6 Å². The third-order valence-electron chi connectivity index (χ3n) is 3.65. The first kappa shape index (κ1) is 14.0. The van der Waals surface area contributed by atoms with Gasteiger partial charge < -0.3 is 15.0 Å². The van der Waals surface area contributed by atoms with Gasteiger partial charge in [-0.1, -0.05) is 6.07 Å². The van der Waals surface area contributed by atoms with Gasteiger partial charge in [0.2, 0.25) is 0 Å². The van der Waals surface area contributed by atoms with E-state index in [1.165, 1.54) is 11.1 Å². The van der Waals surface area contributed by atoms with Crippen molar-refractivity contribution >= 4 is 11.6 Å². The van der Waals surface area contributed by atoms with Gasteiger partial charge in [-0.15, -0.1) is 0 Å². The number of carbonyl (C=O) groups excluding carboxylic acids is 1. The van der Waals surface area contributed by atoms with E-state index in [-0.39, 0.29) is 18.6 Å². The number of morpholine rings is 1. The molecule has 1 heterocycles. The summed E-state index contributed by atoms with van der Waals surface area (Å²) in [6.07, 6.45) is 1.04. The molecule has 1 saturated heterocycles. The van der Waals surface area contributed by atoms with Gasteiger partial charge >= 0.3 is 0 Å². The molecule has 0 spiro atoms. The summed E-state index contributed by atoms with van der Waals surface area (Å²) in [5.41, 5.74) is 3.44. The average Bonchev–Trinajstić information content (AvgIpc) is 2.41. The second kappa shape index (κ2) is 6.17. The quantitative estimate of drug-likeness (QED) is 0.897. The molecule has 0 bridgehead atoms. The topological polar surface area (TPSA) is 41.6 Å². The predicted octanol–water partition coefficient (Wildman–Crippen LogP) is 1.64. The fourth-order valence-corrected chi connectivity index (χ4v) is 2.25. The third kappa shape index (κ3) is 3.33. The lowest BCUT2D eigenvalue weighted by Gasteiger charge is -2.33. The minimum atomic E-state index is 0.0453. The summed E-state index contributed by atoms with van der Waals surface area (Å²) in [4.78, 5) is 13.8. The van der Waals surface area contributed by atoms with Gasteiger partial charge in [-0.05, 0) is 57.1 Å². The van der Waals surface area contributed by atoms with Crippen molar-refractivity contribution in [3.05, 3.63) is 29.3 Å². The van der Waals surface area contributed by atoms with E-state index in [2.05, 4.69) is 31.3 Å². The Morgan fingerprint density at radius 3 is 2.84 bits per heavy atom. The van der Waals surface area contributed by atoms with Crippen LogP contribution in [0, 0.1) is 13.8 Å². The van der Waals surface area contributed by atoms with E-state index in [4.69, 9.17) is 4.74 Å². The van der Waals surface area contributed by atoms with E-state index >= 15 is 0 Å². The standard InChI is InChI=1S/C15H22N2O2/c1-11-4-5-13(8-12(11)2)17-9-14(6-7-16-3)19-10-15(17)18/h4-5,8,14,16H,6-7,9-10H2,1-3H3. The number of rotatable bonds is 4. The molecule has 1 fully saturated rings. The number of nitrogens with zero attached hydrogens (tertiary/aromatic N) is 1. The summed E-state index contributed by atoms with van der Waals surface area (Å²) in [5, 5.41) is 3.11. The number of nitrogens with one attached hydrogen (secondary N) is 1. The van der Waals surface area contributed by atoms with E-state index < -0.39 is 0 Å². The minimum Gasteiger partial charge on any atom is -0.366 e. The molecule has 1 atom stereocenters. The van der Waals surface area contributed by atoms with Gasteiger partial charge in [0.25, 0.3) is 5.91 Å². The van der Waals surface area contributed by atoms with Gasteiger partial charge in [-0.2, -0.15) is 0 Å². The van der Waals surface area contributed by atoms with Crippen molar-refractivity contribution in [2.24, 2.45) is 0 Å². The Balaban J connectivity index is 2.11. The first-order valence-corrected chi connectivity index (χ1v) is 6.75. The number of ether oxygens (including phenoxy) is 1. The maximum absolute atomic E-state index is 12.0. The van der Waals surface area contributed by atoms with Crippen molar-refractivity contribution in [3.8, 4) is 0 Å². The predicted molar refractivity (Wildman–Crippen MR) is 76.6 cm³/mol. The fourth-order valence-electron chi connectivity index (χ4n) is 2.25. The Morgan fingerprint density at radius 2 is 2.16 bits per heavy atom. The lowest BCUT2D eigenvalue weighted by molar-refractivity contribution is -0.129. The molecule has 1 aromatic rings. The first-order valence-electron chi connectivity index (χ1n) is 6.75. The Kier molecular flexibility index (Phi) is 4.56. The number of carbonyl (C=O) groups is 1. The minimum absolute atomic E-state index is 0.0453. The second-order valence-corrected chi connectivity index (χ2v) is 5.10. The normalized spacial score (nSPS) is 19.8. The molecule has 4 heteroatoms. The molecule has 104 valence electrons. The van der Waals surface area contributed by atoms with Crippen LogP contribution in [-0.4, -0.2) is 38.8 Å². The monoisotopic (exact) mass is 262 g/mol. The fraction of sp³-hybridized carbons (Fsp3) is 0.533. The number of amides is 1. The lowest BCUT2D eigenvalue weighted by atomic mass is 10.1. The zero-order valence-corrected chi connectivity index (χ0v) is 11.9. The van der Waals surface area contributed by atoms with Crippen molar-refractivity contribution in [1.82, 2.24) is 5.32 Å². The van der Waals surface area contributed by atoms with Crippen LogP contribution in [0.15, 0.2) is 18.2 Å². The molecule has 0 saturated carbocycles. The number of benzene rings is 1. The Bertz CT molecular complexity index is 459. The number of aryl methyl sites for hydroxylation is 2. The van der Waals surface area contributed by atoms with E-state index in [0.29, 0.717) is 6.54 Å². The summed E-state index contributed by atoms with van der Waals surface area (Å²) in [6, 6.07) is 6.16. The zero-order chi connectivity index (χ0) is 13.8. The molecular formula is C15H22N2O2. The SMILES string of the molecule is CNCCC1CN(c2ccc(C)c(C)c2)C(=O)CO1. The number of anilines is 1. The lowest BCUT2D eigenvalue weighted by Crippen LogP contribution is -2.47. The van der Waals surface area contributed by atoms with Crippen LogP contribution in [0.1, 0.15) is 17.5 Å². The zero-order valence-electron chi connectivity index (χ0n) is 11.9. The summed E-state index contributed by atoms with van der Waals surface area (Å²) in [7, 11) is 1.93. The van der Waals surface area contributed by atoms with Crippen LogP contribution < -0.4 is 10.2 Å². The van der Waals surface area contributed by atoms with Crippen LogP contribution in [0.25, 0.3) is 0 Å². The molecular weight excluding hydrogens is 240 g/mol. The first-order chi connectivity index (χ1) is 9.11. The molecule has 0 aromatic heterocycles. The molecule has 1 unspecified atom stereocenters. The van der Waals surface area contributed by atoms with Crippen LogP contribution in [0.5, 0.6) is 0 Å². The van der Waals surface area contributed by atoms with Crippen molar-refractivity contribution in [1.29, 1.82) is 0 Å². The van der Waals surface area contributed by atoms with Gasteiger partial charge in [0.05, 0.1) is 12.6 Å². The van der Waals surface area contributed by atoms with Crippen LogP contribution in [0.2, 0.25) is 0 Å². The van der Waals surface area contributed by atoms with E-state index in [9.17, 15) is 4.79 Å². The molecule has 0 aliphatic carbocycles. The molecule has 1 aliphatic heterocycles. The second-order valence-electron chi connectivity index (χ2n) is 5.10. The molecule has 0 radical (unpaired) electrons. The van der Waals surface area contributed by atoms with Gasteiger partial charge in [0.1, 0.15) is 6.61 Å². The molecule has 1 aromatic carbocycles. The highest BCUT2D eigenvalue weighted by molar-refractivity contribution is 5.95. The van der Waals surface area contributed by atoms with Crippen molar-refractivity contribution < 1.29 is 9.53 Å². The molecule has 2 rings (SSSR count). The Hall–Kier alpha value is -1.39. The maximum atomic E-state index is 12.0. The Morgan fingerprint density at radius 1 is 1.37 bits per heavy atom. The number of hydrogen-bond acceptors (Lipinski definition) is 3. The van der Waals surface area contributed by atoms with Gasteiger partial charge in [-0.25, -0.2) is 0 Å². The average molecular weight is 262 g/mol. The van der Waals surface area contributed by atoms with E-state index in [0.717, 1.165) is 18.7 Å². The molecule has 1 N–H and O–H groups in total. The molecule has 1 amide bonds. The smallest absolute Gasteiger partial charge is 0.253 e. The summed E-state index contributed by atoms with van der Waals surface area (Å²) < 4.78 is 5.57.